The van der Waals surface area contributed by atoms with Crippen LogP contribution >= 0.6 is 0 Å². The van der Waals surface area contributed by atoms with Crippen molar-refractivity contribution in [3.8, 4) is 0 Å². The van der Waals surface area contributed by atoms with Gasteiger partial charge in [0.2, 0.25) is 24.0 Å². The zero-order chi connectivity index (χ0) is 21.4. The lowest BCUT2D eigenvalue weighted by Crippen LogP contribution is -2.55. The monoisotopic (exact) mass is 408 g/mol. The van der Waals surface area contributed by atoms with Crippen LogP contribution in [-0.4, -0.2) is 84.1 Å². The van der Waals surface area contributed by atoms with E-state index in [0.717, 1.165) is 0 Å². The molecule has 7 N–H and O–H groups in total. The number of nitrogens with zero attached hydrogens (tertiary/aromatic N) is 2. The molecule has 11 heteroatoms. The summed E-state index contributed by atoms with van der Waals surface area (Å²) in [5, 5.41) is 12.6. The van der Waals surface area contributed by atoms with E-state index in [4.69, 9.17) is 16.9 Å². The van der Waals surface area contributed by atoms with Gasteiger partial charge in [-0.05, 0) is 38.5 Å². The van der Waals surface area contributed by atoms with Gasteiger partial charge in [-0.1, -0.05) is 0 Å². The van der Waals surface area contributed by atoms with Crippen LogP contribution < -0.4 is 22.1 Å². The molecule has 2 aliphatic rings. The van der Waals surface area contributed by atoms with Crippen LogP contribution in [-0.2, 0) is 19.2 Å². The number of nitrogens with one attached hydrogen (secondary N) is 3. The summed E-state index contributed by atoms with van der Waals surface area (Å²) >= 11 is 0. The first-order valence-corrected chi connectivity index (χ1v) is 9.95. The predicted molar refractivity (Wildman–Crippen MR) is 105 cm³/mol. The highest BCUT2D eigenvalue weighted by Gasteiger charge is 2.38. The lowest BCUT2D eigenvalue weighted by molar-refractivity contribution is -0.140. The smallest absolute Gasteiger partial charge is 0.245 e. The van der Waals surface area contributed by atoms with Crippen molar-refractivity contribution in [2.45, 2.75) is 56.7 Å². The first-order valence-electron chi connectivity index (χ1n) is 9.95. The number of rotatable bonds is 9. The van der Waals surface area contributed by atoms with E-state index in [1.165, 1.54) is 9.80 Å². The van der Waals surface area contributed by atoms with Gasteiger partial charge < -0.3 is 31.9 Å². The van der Waals surface area contributed by atoms with Gasteiger partial charge in [0.15, 0.2) is 5.96 Å². The van der Waals surface area contributed by atoms with E-state index in [9.17, 15) is 19.2 Å². The summed E-state index contributed by atoms with van der Waals surface area (Å²) in [6.45, 7) is 1.11. The Bertz CT molecular complexity index is 642. The van der Waals surface area contributed by atoms with Crippen molar-refractivity contribution in [2.75, 3.05) is 26.2 Å². The summed E-state index contributed by atoms with van der Waals surface area (Å²) in [5.74, 6) is -1.20. The van der Waals surface area contributed by atoms with E-state index in [2.05, 4.69) is 10.6 Å². The Hall–Kier alpha value is -2.69. The molecular formula is C18H30N7O4. The zero-order valence-electron chi connectivity index (χ0n) is 16.5. The van der Waals surface area contributed by atoms with E-state index in [1.54, 1.807) is 0 Å². The Kier molecular flexibility index (Phi) is 8.37. The number of guanidine groups is 1. The molecule has 0 aromatic carbocycles. The van der Waals surface area contributed by atoms with Crippen LogP contribution in [0.1, 0.15) is 38.5 Å². The topological polar surface area (TPSA) is 175 Å². The fourth-order valence-corrected chi connectivity index (χ4v) is 3.86. The average Bonchev–Trinajstić information content (AvgIpc) is 3.38. The van der Waals surface area contributed by atoms with Crippen molar-refractivity contribution in [3.05, 3.63) is 0 Å². The van der Waals surface area contributed by atoms with Crippen LogP contribution in [0.5, 0.6) is 0 Å². The van der Waals surface area contributed by atoms with Gasteiger partial charge in [-0.3, -0.25) is 24.6 Å². The Balaban J connectivity index is 2.06. The number of carbonyl (C=O) groups is 3. The summed E-state index contributed by atoms with van der Waals surface area (Å²) in [5.41, 5.74) is 10.7. The van der Waals surface area contributed by atoms with Gasteiger partial charge in [0.05, 0.1) is 12.6 Å². The average molecular weight is 408 g/mol. The molecule has 2 saturated heterocycles. The van der Waals surface area contributed by atoms with Gasteiger partial charge in [0, 0.05) is 19.6 Å². The molecule has 0 saturated carbocycles. The molecule has 29 heavy (non-hydrogen) atoms. The lowest BCUT2D eigenvalue weighted by Gasteiger charge is -2.29. The molecule has 0 aliphatic carbocycles. The lowest BCUT2D eigenvalue weighted by atomic mass is 10.1. The quantitative estimate of drug-likeness (QED) is 0.163. The molecule has 1 radical (unpaired) electrons. The molecular weight excluding hydrogens is 378 g/mol. The van der Waals surface area contributed by atoms with Crippen molar-refractivity contribution >= 4 is 30.0 Å². The third-order valence-corrected chi connectivity index (χ3v) is 5.32. The van der Waals surface area contributed by atoms with Gasteiger partial charge in [-0.15, -0.1) is 0 Å². The third kappa shape index (κ3) is 5.89. The Labute approximate surface area is 170 Å². The van der Waals surface area contributed by atoms with Crippen LogP contribution in [0.15, 0.2) is 0 Å². The first-order chi connectivity index (χ1) is 13.9. The van der Waals surface area contributed by atoms with Crippen LogP contribution in [0.2, 0.25) is 0 Å². The predicted octanol–water partition coefficient (Wildman–Crippen LogP) is -2.22. The molecule has 0 aromatic heterocycles. The highest BCUT2D eigenvalue weighted by atomic mass is 16.2. The second kappa shape index (κ2) is 10.7. The molecule has 3 amide bonds. The molecule has 11 nitrogen and oxygen atoms in total. The minimum absolute atomic E-state index is 0.172. The maximum Gasteiger partial charge on any atom is 0.245 e. The summed E-state index contributed by atoms with van der Waals surface area (Å²) in [7, 11) is 0. The van der Waals surface area contributed by atoms with E-state index in [-0.39, 0.29) is 24.3 Å². The van der Waals surface area contributed by atoms with Crippen LogP contribution in [0.25, 0.3) is 0 Å². The molecule has 3 unspecified atom stereocenters. The fraction of sp³-hybridized carbons (Fsp3) is 0.722. The van der Waals surface area contributed by atoms with Gasteiger partial charge in [0.1, 0.15) is 12.1 Å². The van der Waals surface area contributed by atoms with E-state index in [0.29, 0.717) is 58.2 Å². The molecule has 0 spiro atoms. The Morgan fingerprint density at radius 3 is 2.52 bits per heavy atom. The number of amides is 3. The summed E-state index contributed by atoms with van der Waals surface area (Å²) in [6, 6.07) is -2.08. The molecule has 2 rings (SSSR count). The normalized spacial score (nSPS) is 22.2. The number of nitrogens with two attached hydrogens (primary N) is 2. The van der Waals surface area contributed by atoms with Gasteiger partial charge in [0.25, 0.3) is 0 Å². The summed E-state index contributed by atoms with van der Waals surface area (Å²) in [6.07, 6.45) is 5.15. The minimum Gasteiger partial charge on any atom is -0.370 e. The van der Waals surface area contributed by atoms with E-state index >= 15 is 0 Å². The van der Waals surface area contributed by atoms with Gasteiger partial charge in [-0.2, -0.15) is 0 Å². The molecule has 2 heterocycles. The van der Waals surface area contributed by atoms with Crippen molar-refractivity contribution in [1.82, 2.24) is 20.4 Å². The SMILES string of the molecule is N=C(N)NCCCC(NC(=O)C1CCCN1C(=O)CN)C(=O)N1CCCC1[C]=O. The van der Waals surface area contributed by atoms with Crippen LogP contribution in [0.3, 0.4) is 0 Å². The zero-order valence-corrected chi connectivity index (χ0v) is 16.5. The van der Waals surface area contributed by atoms with Crippen molar-refractivity contribution in [1.29, 1.82) is 5.41 Å². The maximum absolute atomic E-state index is 13.0. The maximum atomic E-state index is 13.0. The van der Waals surface area contributed by atoms with E-state index in [1.807, 2.05) is 6.29 Å². The molecule has 0 aromatic rings. The van der Waals surface area contributed by atoms with Crippen molar-refractivity contribution in [2.24, 2.45) is 11.5 Å². The summed E-state index contributed by atoms with van der Waals surface area (Å²) < 4.78 is 0. The van der Waals surface area contributed by atoms with Crippen LogP contribution in [0.4, 0.5) is 0 Å². The minimum atomic E-state index is -0.833. The number of hydrogen-bond acceptors (Lipinski definition) is 6. The van der Waals surface area contributed by atoms with Gasteiger partial charge in [-0.25, -0.2) is 0 Å². The second-order valence-electron chi connectivity index (χ2n) is 7.30. The Morgan fingerprint density at radius 2 is 1.86 bits per heavy atom. The van der Waals surface area contributed by atoms with E-state index < -0.39 is 24.0 Å². The standard InChI is InChI=1S/C18H30N7O4/c19-10-15(27)25-9-3-6-14(25)16(28)23-13(5-1-7-22-18(20)21)17(29)24-8-2-4-12(24)11-26/h12-14H,1-10,19H2,(H,23,28)(H4,20,21,22). The Morgan fingerprint density at radius 1 is 1.17 bits per heavy atom. The molecule has 2 aliphatic heterocycles. The highest BCUT2D eigenvalue weighted by Crippen LogP contribution is 2.20. The molecule has 0 bridgehead atoms. The third-order valence-electron chi connectivity index (χ3n) is 5.32. The first kappa shape index (κ1) is 22.6. The molecule has 3 atom stereocenters. The fourth-order valence-electron chi connectivity index (χ4n) is 3.86. The highest BCUT2D eigenvalue weighted by molar-refractivity contribution is 5.93. The molecule has 2 fully saturated rings. The molecule has 161 valence electrons. The van der Waals surface area contributed by atoms with Gasteiger partial charge >= 0.3 is 0 Å². The second-order valence-corrected chi connectivity index (χ2v) is 7.30. The van der Waals surface area contributed by atoms with Crippen LogP contribution in [0, 0.1) is 5.41 Å². The van der Waals surface area contributed by atoms with Crippen molar-refractivity contribution in [3.63, 3.8) is 0 Å². The largest absolute Gasteiger partial charge is 0.370 e. The summed E-state index contributed by atoms with van der Waals surface area (Å²) in [4.78, 5) is 51.9. The number of carbonyl (C=O) groups excluding carboxylic acids is 4. The van der Waals surface area contributed by atoms with Crippen molar-refractivity contribution < 1.29 is 19.2 Å². The number of likely N-dealkylation sites (tertiary alicyclic amines) is 2. The number of hydrogen-bond donors (Lipinski definition) is 5.